The van der Waals surface area contributed by atoms with Crippen LogP contribution in [0.2, 0.25) is 0 Å². The van der Waals surface area contributed by atoms with Crippen LogP contribution in [0, 0.1) is 11.7 Å². The summed E-state index contributed by atoms with van der Waals surface area (Å²) in [4.78, 5) is 1.84. The van der Waals surface area contributed by atoms with Crippen LogP contribution in [0.3, 0.4) is 0 Å². The van der Waals surface area contributed by atoms with Crippen molar-refractivity contribution < 1.29 is 14.6 Å². The van der Waals surface area contributed by atoms with Gasteiger partial charge in [-0.3, -0.25) is 0 Å². The van der Waals surface area contributed by atoms with E-state index >= 15 is 0 Å². The highest BCUT2D eigenvalue weighted by atomic mass is 19.1. The van der Waals surface area contributed by atoms with Crippen LogP contribution in [-0.4, -0.2) is 29.4 Å². The van der Waals surface area contributed by atoms with E-state index in [0.717, 1.165) is 6.42 Å². The number of rotatable bonds is 2. The van der Waals surface area contributed by atoms with Crippen LogP contribution < -0.4 is 4.90 Å². The van der Waals surface area contributed by atoms with Gasteiger partial charge in [0.1, 0.15) is 5.82 Å². The maximum absolute atomic E-state index is 14.0. The quantitative estimate of drug-likeness (QED) is 0.848. The minimum atomic E-state index is -0.716. The summed E-state index contributed by atoms with van der Waals surface area (Å²) in [5, 5.41) is 19.6. The molecule has 0 bridgehead atoms. The molecule has 1 aliphatic heterocycles. The van der Waals surface area contributed by atoms with Crippen molar-refractivity contribution in [2.75, 3.05) is 18.0 Å². The molecule has 1 aromatic rings. The predicted octanol–water partition coefficient (Wildman–Crippen LogP) is 2.09. The Bertz CT molecular complexity index is 422. The first-order valence-electron chi connectivity index (χ1n) is 6.40. The molecular formula is C14H20FNO2. The summed E-state index contributed by atoms with van der Waals surface area (Å²) in [6.45, 7) is 4.75. The third-order valence-corrected chi connectivity index (χ3v) is 3.70. The Balaban J connectivity index is 2.33. The zero-order valence-electron chi connectivity index (χ0n) is 10.8. The zero-order valence-corrected chi connectivity index (χ0v) is 10.8. The van der Waals surface area contributed by atoms with Crippen LogP contribution in [-0.2, 0) is 0 Å². The third kappa shape index (κ3) is 2.49. The average Bonchev–Trinajstić information content (AvgIpc) is 2.32. The highest BCUT2D eigenvalue weighted by Gasteiger charge is 2.27. The minimum absolute atomic E-state index is 0.239. The number of halogens is 1. The number of hydrogen-bond acceptors (Lipinski definition) is 3. The molecule has 0 spiro atoms. The Hall–Kier alpha value is -1.13. The number of nitrogens with zero attached hydrogens (tertiary/aromatic N) is 1. The van der Waals surface area contributed by atoms with Crippen LogP contribution in [0.1, 0.15) is 31.9 Å². The van der Waals surface area contributed by atoms with Gasteiger partial charge < -0.3 is 15.1 Å². The Labute approximate surface area is 107 Å². The van der Waals surface area contributed by atoms with Crippen LogP contribution in [0.5, 0.6) is 0 Å². The summed E-state index contributed by atoms with van der Waals surface area (Å²) in [7, 11) is 0. The van der Waals surface area contributed by atoms with Gasteiger partial charge in [0, 0.05) is 18.7 Å². The van der Waals surface area contributed by atoms with Gasteiger partial charge in [0.25, 0.3) is 0 Å². The van der Waals surface area contributed by atoms with E-state index < -0.39 is 12.2 Å². The van der Waals surface area contributed by atoms with E-state index in [1.807, 2.05) is 11.8 Å². The highest BCUT2D eigenvalue weighted by molar-refractivity contribution is 5.56. The van der Waals surface area contributed by atoms with E-state index in [0.29, 0.717) is 24.3 Å². The first kappa shape index (κ1) is 13.3. The number of β-amino-alcohol motifs (C(OH)–C–C–N with tert-alkyl or cyclic N) is 1. The molecule has 2 rings (SSSR count). The number of aliphatic hydroxyl groups is 2. The van der Waals surface area contributed by atoms with Gasteiger partial charge in [-0.15, -0.1) is 0 Å². The van der Waals surface area contributed by atoms with Crippen molar-refractivity contribution in [3.63, 3.8) is 0 Å². The summed E-state index contributed by atoms with van der Waals surface area (Å²) in [5.74, 6) is -0.0989. The lowest BCUT2D eigenvalue weighted by molar-refractivity contribution is 0.102. The predicted molar refractivity (Wildman–Crippen MR) is 69.0 cm³/mol. The van der Waals surface area contributed by atoms with Gasteiger partial charge >= 0.3 is 0 Å². The van der Waals surface area contributed by atoms with Gasteiger partial charge in [-0.2, -0.15) is 0 Å². The molecule has 1 fully saturated rings. The number of benzene rings is 1. The third-order valence-electron chi connectivity index (χ3n) is 3.70. The number of aliphatic hydroxyl groups excluding tert-OH is 2. The topological polar surface area (TPSA) is 43.7 Å². The van der Waals surface area contributed by atoms with Gasteiger partial charge in [-0.1, -0.05) is 19.1 Å². The lowest BCUT2D eigenvalue weighted by atomic mass is 9.94. The monoisotopic (exact) mass is 253 g/mol. The van der Waals surface area contributed by atoms with Crippen LogP contribution >= 0.6 is 0 Å². The molecule has 1 aromatic carbocycles. The minimum Gasteiger partial charge on any atom is -0.391 e. The van der Waals surface area contributed by atoms with E-state index in [4.69, 9.17) is 0 Å². The van der Waals surface area contributed by atoms with Crippen molar-refractivity contribution in [1.29, 1.82) is 0 Å². The van der Waals surface area contributed by atoms with Crippen LogP contribution in [0.4, 0.5) is 10.1 Å². The highest BCUT2D eigenvalue weighted by Crippen LogP contribution is 2.32. The molecule has 0 radical (unpaired) electrons. The second kappa shape index (κ2) is 5.24. The van der Waals surface area contributed by atoms with Gasteiger partial charge in [0.15, 0.2) is 0 Å². The van der Waals surface area contributed by atoms with E-state index in [-0.39, 0.29) is 11.7 Å². The molecule has 100 valence electrons. The standard InChI is InChI=1S/C14H20FNO2/c1-9-6-7-16(8-13(9)18)14-11(10(2)17)4-3-5-12(14)15/h3-5,9-10,13,17-18H,6-8H2,1-2H3. The lowest BCUT2D eigenvalue weighted by Gasteiger charge is -2.37. The van der Waals surface area contributed by atoms with Crippen molar-refractivity contribution in [2.24, 2.45) is 5.92 Å². The van der Waals surface area contributed by atoms with E-state index in [9.17, 15) is 14.6 Å². The van der Waals surface area contributed by atoms with Gasteiger partial charge in [0.2, 0.25) is 0 Å². The maximum Gasteiger partial charge on any atom is 0.146 e. The molecule has 1 heterocycles. The lowest BCUT2D eigenvalue weighted by Crippen LogP contribution is -2.43. The van der Waals surface area contributed by atoms with E-state index in [1.165, 1.54) is 6.07 Å². The Morgan fingerprint density at radius 3 is 2.78 bits per heavy atom. The average molecular weight is 253 g/mol. The molecule has 1 aliphatic rings. The van der Waals surface area contributed by atoms with Crippen molar-refractivity contribution >= 4 is 5.69 Å². The Morgan fingerprint density at radius 1 is 1.44 bits per heavy atom. The second-order valence-corrected chi connectivity index (χ2v) is 5.13. The largest absolute Gasteiger partial charge is 0.391 e. The molecule has 0 aromatic heterocycles. The Kier molecular flexibility index (Phi) is 3.88. The van der Waals surface area contributed by atoms with Crippen molar-refractivity contribution in [2.45, 2.75) is 32.5 Å². The first-order chi connectivity index (χ1) is 8.50. The summed E-state index contributed by atoms with van der Waals surface area (Å²) < 4.78 is 14.0. The second-order valence-electron chi connectivity index (χ2n) is 5.13. The Morgan fingerprint density at radius 2 is 2.17 bits per heavy atom. The molecule has 0 amide bonds. The van der Waals surface area contributed by atoms with Crippen LogP contribution in [0.25, 0.3) is 0 Å². The molecule has 1 saturated heterocycles. The molecule has 0 saturated carbocycles. The summed E-state index contributed by atoms with van der Waals surface area (Å²) in [5.41, 5.74) is 1.01. The fraction of sp³-hybridized carbons (Fsp3) is 0.571. The summed E-state index contributed by atoms with van der Waals surface area (Å²) in [6.07, 6.45) is -0.332. The molecule has 0 aliphatic carbocycles. The number of anilines is 1. The number of piperidine rings is 1. The molecule has 4 heteroatoms. The molecule has 2 N–H and O–H groups in total. The van der Waals surface area contributed by atoms with Crippen molar-refractivity contribution in [3.8, 4) is 0 Å². The van der Waals surface area contributed by atoms with E-state index in [2.05, 4.69) is 0 Å². The molecule has 3 nitrogen and oxygen atoms in total. The maximum atomic E-state index is 14.0. The SMILES string of the molecule is CC(O)c1cccc(F)c1N1CCC(C)C(O)C1. The fourth-order valence-corrected chi connectivity index (χ4v) is 2.45. The molecule has 3 atom stereocenters. The fourth-order valence-electron chi connectivity index (χ4n) is 2.45. The summed E-state index contributed by atoms with van der Waals surface area (Å²) in [6, 6.07) is 4.73. The van der Waals surface area contributed by atoms with E-state index in [1.54, 1.807) is 19.1 Å². The van der Waals surface area contributed by atoms with Crippen LogP contribution in [0.15, 0.2) is 18.2 Å². The van der Waals surface area contributed by atoms with Gasteiger partial charge in [0.05, 0.1) is 17.9 Å². The van der Waals surface area contributed by atoms with Gasteiger partial charge in [-0.05, 0) is 25.3 Å². The number of para-hydroxylation sites is 1. The zero-order chi connectivity index (χ0) is 13.3. The van der Waals surface area contributed by atoms with Crippen molar-refractivity contribution in [3.05, 3.63) is 29.6 Å². The number of hydrogen-bond donors (Lipinski definition) is 2. The molecular weight excluding hydrogens is 233 g/mol. The first-order valence-corrected chi connectivity index (χ1v) is 6.40. The smallest absolute Gasteiger partial charge is 0.146 e. The molecule has 3 unspecified atom stereocenters. The summed E-state index contributed by atoms with van der Waals surface area (Å²) >= 11 is 0. The van der Waals surface area contributed by atoms with Gasteiger partial charge in [-0.25, -0.2) is 4.39 Å². The van der Waals surface area contributed by atoms with Crippen molar-refractivity contribution in [1.82, 2.24) is 0 Å². The molecule has 18 heavy (non-hydrogen) atoms. The normalized spacial score (nSPS) is 26.2.